The zero-order chi connectivity index (χ0) is 20.8. The van der Waals surface area contributed by atoms with Crippen molar-refractivity contribution in [2.45, 2.75) is 19.4 Å². The van der Waals surface area contributed by atoms with E-state index >= 15 is 0 Å². The van der Waals surface area contributed by atoms with Crippen molar-refractivity contribution in [2.75, 3.05) is 58.3 Å². The average Bonchev–Trinajstić information content (AvgIpc) is 3.24. The molecule has 4 rings (SSSR count). The molecule has 2 fully saturated rings. The minimum Gasteiger partial charge on any atom is -0.354 e. The molecule has 168 valence electrons. The van der Waals surface area contributed by atoms with E-state index in [1.807, 2.05) is 13.2 Å². The van der Waals surface area contributed by atoms with Crippen LogP contribution >= 0.6 is 24.0 Å². The Morgan fingerprint density at radius 2 is 1.84 bits per heavy atom. The molecule has 1 atom stereocenters. The lowest BCUT2D eigenvalue weighted by atomic mass is 9.99. The number of guanidine groups is 1. The first-order valence-electron chi connectivity index (χ1n) is 11.1. The number of aliphatic imine (C=N–C) groups is 1. The lowest BCUT2D eigenvalue weighted by Gasteiger charge is -2.33. The van der Waals surface area contributed by atoms with Crippen LogP contribution in [-0.2, 0) is 13.0 Å². The van der Waals surface area contributed by atoms with Gasteiger partial charge in [0, 0.05) is 59.1 Å². The van der Waals surface area contributed by atoms with Gasteiger partial charge in [-0.15, -0.1) is 24.0 Å². The summed E-state index contributed by atoms with van der Waals surface area (Å²) in [6.45, 7) is 7.18. The second-order valence-corrected chi connectivity index (χ2v) is 8.50. The maximum Gasteiger partial charge on any atom is 0.193 e. The molecule has 0 aliphatic carbocycles. The van der Waals surface area contributed by atoms with Crippen molar-refractivity contribution in [1.29, 1.82) is 0 Å². The first-order chi connectivity index (χ1) is 14.7. The third-order valence-corrected chi connectivity index (χ3v) is 6.25. The molecule has 2 aromatic rings. The number of aromatic nitrogens is 1. The highest BCUT2D eigenvalue weighted by molar-refractivity contribution is 14.0. The van der Waals surface area contributed by atoms with Crippen LogP contribution in [0.15, 0.2) is 53.7 Å². The van der Waals surface area contributed by atoms with Gasteiger partial charge < -0.3 is 20.0 Å². The molecule has 1 aromatic heterocycles. The largest absolute Gasteiger partial charge is 0.354 e. The molecule has 7 heteroatoms. The summed E-state index contributed by atoms with van der Waals surface area (Å²) >= 11 is 0. The summed E-state index contributed by atoms with van der Waals surface area (Å²) in [6, 6.07) is 15.1. The van der Waals surface area contributed by atoms with Crippen molar-refractivity contribution in [3.8, 4) is 0 Å². The van der Waals surface area contributed by atoms with Gasteiger partial charge >= 0.3 is 0 Å². The van der Waals surface area contributed by atoms with Crippen LogP contribution in [0, 0.1) is 5.92 Å². The minimum atomic E-state index is 0. The van der Waals surface area contributed by atoms with Crippen LogP contribution in [0.5, 0.6) is 0 Å². The number of piperazine rings is 1. The first kappa shape index (κ1) is 23.8. The highest BCUT2D eigenvalue weighted by Gasteiger charge is 2.25. The summed E-state index contributed by atoms with van der Waals surface area (Å²) in [6.07, 6.45) is 4.30. The van der Waals surface area contributed by atoms with Gasteiger partial charge in [0.05, 0.1) is 0 Å². The standard InChI is InChI=1S/C24H34N6.HI/c1-25-24(30-11-9-22(19-30)16-20-6-4-3-5-7-20)27-18-21-8-10-26-23(17-21)29-14-12-28(2)13-15-29;/h3-8,10,17,22H,9,11-16,18-19H2,1-2H3,(H,25,27);1H. The molecule has 1 N–H and O–H groups in total. The van der Waals surface area contributed by atoms with E-state index in [4.69, 9.17) is 0 Å². The second-order valence-electron chi connectivity index (χ2n) is 8.50. The number of hydrogen-bond donors (Lipinski definition) is 1. The topological polar surface area (TPSA) is 47.0 Å². The average molecular weight is 534 g/mol. The van der Waals surface area contributed by atoms with Crippen molar-refractivity contribution in [2.24, 2.45) is 10.9 Å². The zero-order valence-electron chi connectivity index (χ0n) is 18.7. The first-order valence-corrected chi connectivity index (χ1v) is 11.1. The summed E-state index contributed by atoms with van der Waals surface area (Å²) in [5.41, 5.74) is 2.68. The fourth-order valence-electron chi connectivity index (χ4n) is 4.43. The number of hydrogen-bond acceptors (Lipinski definition) is 4. The molecule has 0 bridgehead atoms. The van der Waals surface area contributed by atoms with E-state index in [0.717, 1.165) is 64.0 Å². The number of anilines is 1. The van der Waals surface area contributed by atoms with Crippen LogP contribution in [-0.4, -0.2) is 74.1 Å². The summed E-state index contributed by atoms with van der Waals surface area (Å²) in [5, 5.41) is 3.57. The molecule has 2 aliphatic rings. The molecule has 0 spiro atoms. The normalized spacial score (nSPS) is 19.9. The van der Waals surface area contributed by atoms with E-state index in [9.17, 15) is 0 Å². The lowest BCUT2D eigenvalue weighted by molar-refractivity contribution is 0.312. The maximum atomic E-state index is 4.60. The van der Waals surface area contributed by atoms with Crippen LogP contribution in [0.25, 0.3) is 0 Å². The fraction of sp³-hybridized carbons (Fsp3) is 0.500. The fourth-order valence-corrected chi connectivity index (χ4v) is 4.43. The van der Waals surface area contributed by atoms with Gasteiger partial charge in [0.1, 0.15) is 5.82 Å². The molecule has 31 heavy (non-hydrogen) atoms. The third-order valence-electron chi connectivity index (χ3n) is 6.25. The number of likely N-dealkylation sites (tertiary alicyclic amines) is 1. The van der Waals surface area contributed by atoms with Crippen molar-refractivity contribution >= 4 is 35.8 Å². The van der Waals surface area contributed by atoms with E-state index < -0.39 is 0 Å². The van der Waals surface area contributed by atoms with E-state index in [-0.39, 0.29) is 24.0 Å². The predicted molar refractivity (Wildman–Crippen MR) is 139 cm³/mol. The summed E-state index contributed by atoms with van der Waals surface area (Å²) in [5.74, 6) is 2.78. The summed E-state index contributed by atoms with van der Waals surface area (Å²) < 4.78 is 0. The van der Waals surface area contributed by atoms with Gasteiger partial charge in [-0.25, -0.2) is 4.98 Å². The molecule has 0 amide bonds. The Labute approximate surface area is 203 Å². The molecule has 2 aliphatic heterocycles. The van der Waals surface area contributed by atoms with Gasteiger partial charge in [-0.05, 0) is 49.1 Å². The van der Waals surface area contributed by atoms with E-state index in [2.05, 4.69) is 79.5 Å². The molecule has 6 nitrogen and oxygen atoms in total. The Kier molecular flexibility index (Phi) is 8.95. The van der Waals surface area contributed by atoms with E-state index in [0.29, 0.717) is 5.92 Å². The van der Waals surface area contributed by atoms with E-state index in [1.165, 1.54) is 17.5 Å². The summed E-state index contributed by atoms with van der Waals surface area (Å²) in [7, 11) is 4.06. The Morgan fingerprint density at radius 1 is 1.06 bits per heavy atom. The highest BCUT2D eigenvalue weighted by Crippen LogP contribution is 2.21. The number of nitrogens with one attached hydrogen (secondary N) is 1. The molecular weight excluding hydrogens is 499 g/mol. The van der Waals surface area contributed by atoms with Gasteiger partial charge in [0.25, 0.3) is 0 Å². The van der Waals surface area contributed by atoms with Crippen LogP contribution < -0.4 is 10.2 Å². The minimum absolute atomic E-state index is 0. The predicted octanol–water partition coefficient (Wildman–Crippen LogP) is 3.09. The number of benzene rings is 1. The van der Waals surface area contributed by atoms with Crippen LogP contribution in [0.2, 0.25) is 0 Å². The van der Waals surface area contributed by atoms with Crippen molar-refractivity contribution in [3.63, 3.8) is 0 Å². The third kappa shape index (κ3) is 6.55. The van der Waals surface area contributed by atoms with Crippen LogP contribution in [0.1, 0.15) is 17.5 Å². The molecule has 3 heterocycles. The Hall–Kier alpha value is -1.87. The molecule has 0 radical (unpaired) electrons. The molecule has 1 aromatic carbocycles. The molecule has 1 unspecified atom stereocenters. The Bertz CT molecular complexity index is 835. The monoisotopic (exact) mass is 534 g/mol. The van der Waals surface area contributed by atoms with Crippen molar-refractivity contribution < 1.29 is 0 Å². The van der Waals surface area contributed by atoms with E-state index in [1.54, 1.807) is 0 Å². The zero-order valence-corrected chi connectivity index (χ0v) is 21.0. The Morgan fingerprint density at radius 3 is 2.58 bits per heavy atom. The van der Waals surface area contributed by atoms with Crippen LogP contribution in [0.4, 0.5) is 5.82 Å². The molecule has 2 saturated heterocycles. The number of likely N-dealkylation sites (N-methyl/N-ethyl adjacent to an activating group) is 1. The van der Waals surface area contributed by atoms with Crippen LogP contribution in [0.3, 0.4) is 0 Å². The lowest BCUT2D eigenvalue weighted by Crippen LogP contribution is -2.44. The number of pyridine rings is 1. The molecular formula is C24H35IN6. The Balaban J connectivity index is 0.00000272. The molecule has 0 saturated carbocycles. The quantitative estimate of drug-likeness (QED) is 0.363. The summed E-state index contributed by atoms with van der Waals surface area (Å²) in [4.78, 5) is 16.3. The highest BCUT2D eigenvalue weighted by atomic mass is 127. The van der Waals surface area contributed by atoms with Gasteiger partial charge in [-0.3, -0.25) is 4.99 Å². The van der Waals surface area contributed by atoms with Crippen molar-refractivity contribution in [1.82, 2.24) is 20.1 Å². The number of halogens is 1. The smallest absolute Gasteiger partial charge is 0.193 e. The number of nitrogens with zero attached hydrogens (tertiary/aromatic N) is 5. The van der Waals surface area contributed by atoms with Gasteiger partial charge in [-0.1, -0.05) is 30.3 Å². The van der Waals surface area contributed by atoms with Gasteiger partial charge in [0.15, 0.2) is 5.96 Å². The van der Waals surface area contributed by atoms with Gasteiger partial charge in [-0.2, -0.15) is 0 Å². The SMILES string of the molecule is CN=C(NCc1ccnc(N2CCN(C)CC2)c1)N1CCC(Cc2ccccc2)C1.I. The number of rotatable bonds is 5. The van der Waals surface area contributed by atoms with Crippen molar-refractivity contribution in [3.05, 3.63) is 59.8 Å². The van der Waals surface area contributed by atoms with Gasteiger partial charge in [0.2, 0.25) is 0 Å². The maximum absolute atomic E-state index is 4.60. The second kappa shape index (κ2) is 11.7.